The molecule has 0 radical (unpaired) electrons. The van der Waals surface area contributed by atoms with E-state index in [1.807, 2.05) is 37.3 Å². The highest BCUT2D eigenvalue weighted by Crippen LogP contribution is 2.37. The Morgan fingerprint density at radius 3 is 2.57 bits per heavy atom. The maximum atomic E-state index is 13.9. The summed E-state index contributed by atoms with van der Waals surface area (Å²) in [4.78, 5) is 14.5. The highest BCUT2D eigenvalue weighted by molar-refractivity contribution is 5.75. The van der Waals surface area contributed by atoms with Crippen molar-refractivity contribution in [3.8, 4) is 22.6 Å². The van der Waals surface area contributed by atoms with Crippen LogP contribution in [0.4, 0.5) is 36.3 Å². The van der Waals surface area contributed by atoms with Gasteiger partial charge in [-0.3, -0.25) is 4.98 Å². The van der Waals surface area contributed by atoms with E-state index < -0.39 is 17.5 Å². The molecule has 0 saturated heterocycles. The fourth-order valence-electron chi connectivity index (χ4n) is 3.87. The number of rotatable bonds is 5. The summed E-state index contributed by atoms with van der Waals surface area (Å²) < 4.78 is 52.3. The van der Waals surface area contributed by atoms with Crippen molar-refractivity contribution in [3.05, 3.63) is 78.0 Å². The number of halogens is 3. The van der Waals surface area contributed by atoms with Crippen LogP contribution in [0.1, 0.15) is 5.69 Å². The Balaban J connectivity index is 1.46. The van der Waals surface area contributed by atoms with Crippen molar-refractivity contribution in [2.24, 2.45) is 0 Å². The average molecular weight is 479 g/mol. The number of anilines is 4. The minimum absolute atomic E-state index is 0.120. The van der Waals surface area contributed by atoms with Crippen LogP contribution in [0, 0.1) is 24.4 Å². The first-order valence-electron chi connectivity index (χ1n) is 10.7. The van der Waals surface area contributed by atoms with Crippen molar-refractivity contribution >= 4 is 23.1 Å². The molecule has 0 aliphatic carbocycles. The molecule has 1 aliphatic heterocycles. The molecule has 0 unspecified atom stereocenters. The number of pyridine rings is 1. The summed E-state index contributed by atoms with van der Waals surface area (Å²) in [5, 5.41) is 3.12. The number of benzene rings is 2. The zero-order valence-corrected chi connectivity index (χ0v) is 18.8. The van der Waals surface area contributed by atoms with Crippen LogP contribution in [0.25, 0.3) is 11.1 Å². The molecule has 0 spiro atoms. The van der Waals surface area contributed by atoms with Gasteiger partial charge in [-0.25, -0.2) is 18.2 Å². The highest BCUT2D eigenvalue weighted by atomic mass is 19.2. The summed E-state index contributed by atoms with van der Waals surface area (Å²) in [6.07, 6.45) is 3.21. The maximum Gasteiger partial charge on any atom is 0.229 e. The number of hydrogen-bond acceptors (Lipinski definition) is 7. The molecule has 2 aromatic heterocycles. The summed E-state index contributed by atoms with van der Waals surface area (Å²) in [5.41, 5.74) is 3.54. The van der Waals surface area contributed by atoms with Crippen molar-refractivity contribution in [2.75, 3.05) is 30.5 Å². The van der Waals surface area contributed by atoms with Crippen LogP contribution in [0.5, 0.6) is 11.5 Å². The first-order valence-corrected chi connectivity index (χ1v) is 10.7. The molecule has 10 heteroatoms. The van der Waals surface area contributed by atoms with E-state index in [-0.39, 0.29) is 24.8 Å². The lowest BCUT2D eigenvalue weighted by molar-refractivity contribution is 0.310. The van der Waals surface area contributed by atoms with Gasteiger partial charge in [-0.2, -0.15) is 4.98 Å². The molecule has 5 rings (SSSR count). The number of nitrogens with zero attached hydrogens (tertiary/aromatic N) is 4. The lowest BCUT2D eigenvalue weighted by Crippen LogP contribution is -2.30. The molecule has 7 nitrogen and oxygen atoms in total. The summed E-state index contributed by atoms with van der Waals surface area (Å²) in [5.74, 6) is -2.57. The van der Waals surface area contributed by atoms with Crippen LogP contribution in [0.3, 0.4) is 0 Å². The summed E-state index contributed by atoms with van der Waals surface area (Å²) in [6.45, 7) is 2.43. The van der Waals surface area contributed by atoms with E-state index >= 15 is 0 Å². The Morgan fingerprint density at radius 1 is 1.03 bits per heavy atom. The van der Waals surface area contributed by atoms with Gasteiger partial charge in [-0.15, -0.1) is 0 Å². The van der Waals surface area contributed by atoms with Gasteiger partial charge in [-0.05, 0) is 36.8 Å². The summed E-state index contributed by atoms with van der Waals surface area (Å²) in [6, 6.07) is 11.3. The van der Waals surface area contributed by atoms with Gasteiger partial charge in [0.1, 0.15) is 12.4 Å². The summed E-state index contributed by atoms with van der Waals surface area (Å²) in [7, 11) is 1.59. The van der Waals surface area contributed by atoms with Crippen molar-refractivity contribution in [3.63, 3.8) is 0 Å². The van der Waals surface area contributed by atoms with Crippen molar-refractivity contribution in [1.29, 1.82) is 0 Å². The van der Waals surface area contributed by atoms with Crippen molar-refractivity contribution in [1.82, 2.24) is 15.0 Å². The van der Waals surface area contributed by atoms with Gasteiger partial charge in [0.2, 0.25) is 5.95 Å². The Labute approximate surface area is 199 Å². The molecule has 1 aliphatic rings. The second kappa shape index (κ2) is 9.13. The third-order valence-corrected chi connectivity index (χ3v) is 5.51. The van der Waals surface area contributed by atoms with Gasteiger partial charge in [0.15, 0.2) is 29.0 Å². The Morgan fingerprint density at radius 2 is 1.83 bits per heavy atom. The van der Waals surface area contributed by atoms with Gasteiger partial charge in [0.05, 0.1) is 19.9 Å². The molecule has 1 N–H and O–H groups in total. The van der Waals surface area contributed by atoms with E-state index in [0.29, 0.717) is 23.0 Å². The van der Waals surface area contributed by atoms with Crippen LogP contribution < -0.4 is 19.7 Å². The molecule has 178 valence electrons. The van der Waals surface area contributed by atoms with Gasteiger partial charge in [0, 0.05) is 47.0 Å². The predicted molar refractivity (Wildman–Crippen MR) is 125 cm³/mol. The fraction of sp³-hybridized carbons (Fsp3) is 0.160. The van der Waals surface area contributed by atoms with Crippen LogP contribution in [-0.4, -0.2) is 35.2 Å². The lowest BCUT2D eigenvalue weighted by atomic mass is 10.0. The second-order valence-corrected chi connectivity index (χ2v) is 7.83. The van der Waals surface area contributed by atoms with E-state index in [9.17, 15) is 13.2 Å². The largest absolute Gasteiger partial charge is 0.496 e. The standard InChI is InChI=1S/C25H20F3N5O2/c1-14-9-15(5-6-29-14)18-4-3-16(10-21(18)34-2)31-25-30-13-22-24(32-25)33(7-8-35-22)17-11-19(26)23(28)20(27)12-17/h3-6,9-13H,7-8H2,1-2H3,(H,30,31,32). The average Bonchev–Trinajstić information content (AvgIpc) is 2.86. The minimum Gasteiger partial charge on any atom is -0.496 e. The highest BCUT2D eigenvalue weighted by Gasteiger charge is 2.25. The molecule has 0 amide bonds. The molecule has 2 aromatic carbocycles. The van der Waals surface area contributed by atoms with Crippen LogP contribution in [-0.2, 0) is 0 Å². The third kappa shape index (κ3) is 4.42. The van der Waals surface area contributed by atoms with Crippen LogP contribution in [0.15, 0.2) is 54.9 Å². The van der Waals surface area contributed by atoms with Gasteiger partial charge >= 0.3 is 0 Å². The molecule has 0 fully saturated rings. The monoisotopic (exact) mass is 479 g/mol. The Hall–Kier alpha value is -4.34. The third-order valence-electron chi connectivity index (χ3n) is 5.51. The molecule has 3 heterocycles. The SMILES string of the molecule is COc1cc(Nc2ncc3c(n2)N(c2cc(F)c(F)c(F)c2)CCO3)ccc1-c1ccnc(C)c1. The fourth-order valence-corrected chi connectivity index (χ4v) is 3.87. The second-order valence-electron chi connectivity index (χ2n) is 7.83. The Bertz CT molecular complexity index is 1390. The molecular formula is C25H20F3N5O2. The van der Waals surface area contributed by atoms with Crippen molar-refractivity contribution < 1.29 is 22.6 Å². The Kier molecular flexibility index (Phi) is 5.86. The van der Waals surface area contributed by atoms with Gasteiger partial charge < -0.3 is 19.7 Å². The first-order chi connectivity index (χ1) is 16.9. The molecule has 0 bridgehead atoms. The first kappa shape index (κ1) is 22.5. The van der Waals surface area contributed by atoms with Gasteiger partial charge in [-0.1, -0.05) is 0 Å². The smallest absolute Gasteiger partial charge is 0.229 e. The number of methoxy groups -OCH3 is 1. The van der Waals surface area contributed by atoms with E-state index in [1.165, 1.54) is 6.20 Å². The van der Waals surface area contributed by atoms with Crippen molar-refractivity contribution in [2.45, 2.75) is 6.92 Å². The topological polar surface area (TPSA) is 72.4 Å². The van der Waals surface area contributed by atoms with E-state index in [2.05, 4.69) is 20.3 Å². The number of fused-ring (bicyclic) bond motifs is 1. The van der Waals surface area contributed by atoms with Crippen LogP contribution >= 0.6 is 0 Å². The number of aromatic nitrogens is 3. The zero-order chi connectivity index (χ0) is 24.5. The number of aryl methyl sites for hydroxylation is 1. The normalized spacial score (nSPS) is 12.7. The maximum absolute atomic E-state index is 13.9. The predicted octanol–water partition coefficient (Wildman–Crippen LogP) is 5.55. The molecule has 35 heavy (non-hydrogen) atoms. The molecule has 0 atom stereocenters. The van der Waals surface area contributed by atoms with Crippen LogP contribution in [0.2, 0.25) is 0 Å². The van der Waals surface area contributed by atoms with E-state index in [1.54, 1.807) is 18.2 Å². The van der Waals surface area contributed by atoms with E-state index in [4.69, 9.17) is 9.47 Å². The van der Waals surface area contributed by atoms with E-state index in [0.717, 1.165) is 29.0 Å². The number of nitrogens with one attached hydrogen (secondary N) is 1. The van der Waals surface area contributed by atoms with Gasteiger partial charge in [0.25, 0.3) is 0 Å². The molecule has 4 aromatic rings. The zero-order valence-electron chi connectivity index (χ0n) is 18.8. The lowest BCUT2D eigenvalue weighted by Gasteiger charge is -2.30. The number of ether oxygens (including phenoxy) is 2. The number of hydrogen-bond donors (Lipinski definition) is 1. The minimum atomic E-state index is -1.52. The molecular weight excluding hydrogens is 459 g/mol. The summed E-state index contributed by atoms with van der Waals surface area (Å²) >= 11 is 0. The quantitative estimate of drug-likeness (QED) is 0.377. The molecule has 0 saturated carbocycles.